The van der Waals surface area contributed by atoms with E-state index in [4.69, 9.17) is 0 Å². The summed E-state index contributed by atoms with van der Waals surface area (Å²) in [6.07, 6.45) is 0.835. The number of rotatable bonds is 7. The molecule has 6 nitrogen and oxygen atoms in total. The molecule has 0 aromatic carbocycles. The lowest BCUT2D eigenvalue weighted by Crippen LogP contribution is -2.28. The molecule has 0 saturated carbocycles. The summed E-state index contributed by atoms with van der Waals surface area (Å²) in [5.74, 6) is 0. The van der Waals surface area contributed by atoms with Gasteiger partial charge in [0.1, 0.15) is 0 Å². The van der Waals surface area contributed by atoms with Crippen LogP contribution in [0.15, 0.2) is 0 Å². The van der Waals surface area contributed by atoms with Crippen LogP contribution in [0.4, 0.5) is 0 Å². The van der Waals surface area contributed by atoms with E-state index in [1.165, 1.54) is 0 Å². The summed E-state index contributed by atoms with van der Waals surface area (Å²) in [5, 5.41) is 0. The lowest BCUT2D eigenvalue weighted by molar-refractivity contribution is 0.438. The van der Waals surface area contributed by atoms with Gasteiger partial charge in [-0.1, -0.05) is 0 Å². The largest absolute Gasteiger partial charge is 0.289 e. The van der Waals surface area contributed by atoms with Gasteiger partial charge in [0.2, 0.25) is 14.9 Å². The summed E-state index contributed by atoms with van der Waals surface area (Å²) in [6.45, 7) is 0. The molecule has 0 rings (SSSR count). The molecule has 0 heterocycles. The third-order valence-electron chi connectivity index (χ3n) is 3.18. The van der Waals surface area contributed by atoms with Crippen LogP contribution in [0.2, 0.25) is 0 Å². The first-order valence-corrected chi connectivity index (χ1v) is 9.47. The van der Waals surface area contributed by atoms with Gasteiger partial charge in [0.15, 0.2) is 0 Å². The summed E-state index contributed by atoms with van der Waals surface area (Å²) in [4.78, 5) is 0. The van der Waals surface area contributed by atoms with Crippen molar-refractivity contribution in [1.82, 2.24) is 18.7 Å². The highest BCUT2D eigenvalue weighted by Gasteiger charge is 2.34. The van der Waals surface area contributed by atoms with Crippen molar-refractivity contribution in [2.75, 3.05) is 68.7 Å². The molecule has 0 unspecified atom stereocenters. The van der Waals surface area contributed by atoms with Crippen LogP contribution < -0.4 is 0 Å². The van der Waals surface area contributed by atoms with E-state index in [1.807, 2.05) is 0 Å². The first-order valence-electron chi connectivity index (χ1n) is 5.88. The molecule has 0 spiro atoms. The fourth-order valence-electron chi connectivity index (χ4n) is 1.78. The summed E-state index contributed by atoms with van der Waals surface area (Å²) in [7, 11) is 9.22. The molecule has 0 fully saturated rings. The maximum atomic E-state index is 12.8. The minimum atomic E-state index is -2.60. The fourth-order valence-corrected chi connectivity index (χ4v) is 6.89. The lowest BCUT2D eigenvalue weighted by Gasteiger charge is -2.35. The van der Waals surface area contributed by atoms with Crippen LogP contribution in [0.3, 0.4) is 0 Å². The average molecular weight is 298 g/mol. The van der Waals surface area contributed by atoms with Gasteiger partial charge in [0.05, 0.1) is 0 Å². The van der Waals surface area contributed by atoms with E-state index in [0.29, 0.717) is 12.3 Å². The zero-order valence-corrected chi connectivity index (χ0v) is 14.7. The molecular formula is C10H28N4O2P2. The van der Waals surface area contributed by atoms with E-state index in [-0.39, 0.29) is 0 Å². The third kappa shape index (κ3) is 3.89. The molecule has 0 aromatic heterocycles. The Morgan fingerprint density at radius 3 is 0.833 bits per heavy atom. The highest BCUT2D eigenvalue weighted by molar-refractivity contribution is 7.63. The van der Waals surface area contributed by atoms with Crippen molar-refractivity contribution < 1.29 is 9.13 Å². The highest BCUT2D eigenvalue weighted by atomic mass is 31.2. The van der Waals surface area contributed by atoms with Crippen LogP contribution >= 0.6 is 14.9 Å². The molecule has 8 heteroatoms. The van der Waals surface area contributed by atoms with Gasteiger partial charge in [-0.15, -0.1) is 0 Å². The fraction of sp³-hybridized carbons (Fsp3) is 1.00. The van der Waals surface area contributed by atoms with Gasteiger partial charge in [0.25, 0.3) is 0 Å². The molecule has 0 aliphatic rings. The quantitative estimate of drug-likeness (QED) is 0.666. The molecule has 0 aliphatic carbocycles. The summed E-state index contributed by atoms with van der Waals surface area (Å²) in [6, 6.07) is 0. The summed E-state index contributed by atoms with van der Waals surface area (Å²) in [5.41, 5.74) is 0. The van der Waals surface area contributed by atoms with Crippen molar-refractivity contribution in [2.45, 2.75) is 0 Å². The van der Waals surface area contributed by atoms with E-state index in [1.54, 1.807) is 75.1 Å². The molecule has 0 saturated heterocycles. The molecule has 0 radical (unpaired) electrons. The highest BCUT2D eigenvalue weighted by Crippen LogP contribution is 2.56. The van der Waals surface area contributed by atoms with Crippen molar-refractivity contribution >= 4 is 14.9 Å². The molecular weight excluding hydrogens is 270 g/mol. The molecule has 0 amide bonds. The second-order valence-electron chi connectivity index (χ2n) is 5.17. The first-order chi connectivity index (χ1) is 7.98. The predicted octanol–water partition coefficient (Wildman–Crippen LogP) is 1.62. The zero-order valence-electron chi connectivity index (χ0n) is 12.9. The molecule has 18 heavy (non-hydrogen) atoms. The van der Waals surface area contributed by atoms with E-state index in [9.17, 15) is 9.13 Å². The molecule has 110 valence electrons. The van der Waals surface area contributed by atoms with Crippen LogP contribution in [-0.2, 0) is 9.13 Å². The first kappa shape index (κ1) is 18.3. The topological polar surface area (TPSA) is 47.1 Å². The molecule has 0 N–H and O–H groups in total. The summed E-state index contributed by atoms with van der Waals surface area (Å²) < 4.78 is 32.6. The van der Waals surface area contributed by atoms with Gasteiger partial charge in [-0.25, -0.2) is 18.7 Å². The molecule has 0 bridgehead atoms. The SMILES string of the molecule is CN(C)P(=O)(CCP(=O)(N(C)C)N(C)C)N(C)C. The minimum Gasteiger partial charge on any atom is -0.289 e. The van der Waals surface area contributed by atoms with E-state index >= 15 is 0 Å². The zero-order chi connectivity index (χ0) is 14.7. The standard InChI is InChI=1S/C10H28N4O2P2/c1-11(2)17(15,12(3)4)9-10-18(16,13(5)6)14(7)8/h9-10H2,1-8H3. The van der Waals surface area contributed by atoms with Crippen molar-refractivity contribution in [3.8, 4) is 0 Å². The number of hydrogen-bond acceptors (Lipinski definition) is 2. The van der Waals surface area contributed by atoms with E-state index in [2.05, 4.69) is 0 Å². The van der Waals surface area contributed by atoms with Gasteiger partial charge >= 0.3 is 0 Å². The van der Waals surface area contributed by atoms with Crippen molar-refractivity contribution in [1.29, 1.82) is 0 Å². The van der Waals surface area contributed by atoms with Gasteiger partial charge in [-0.3, -0.25) is 9.13 Å². The Kier molecular flexibility index (Phi) is 6.76. The van der Waals surface area contributed by atoms with Crippen LogP contribution in [0.25, 0.3) is 0 Å². The van der Waals surface area contributed by atoms with E-state index < -0.39 is 14.9 Å². The van der Waals surface area contributed by atoms with Crippen LogP contribution in [-0.4, -0.2) is 87.4 Å². The number of nitrogens with zero attached hydrogens (tertiary/aromatic N) is 4. The Balaban J connectivity index is 5.03. The van der Waals surface area contributed by atoms with Gasteiger partial charge in [-0.05, 0) is 56.4 Å². The van der Waals surface area contributed by atoms with E-state index in [0.717, 1.165) is 0 Å². The predicted molar refractivity (Wildman–Crippen MR) is 79.7 cm³/mol. The van der Waals surface area contributed by atoms with Gasteiger partial charge in [0, 0.05) is 12.3 Å². The molecule has 0 aromatic rings. The van der Waals surface area contributed by atoms with Crippen LogP contribution in [0, 0.1) is 0 Å². The monoisotopic (exact) mass is 298 g/mol. The Morgan fingerprint density at radius 1 is 0.556 bits per heavy atom. The van der Waals surface area contributed by atoms with Crippen LogP contribution in [0.1, 0.15) is 0 Å². The maximum Gasteiger partial charge on any atom is 0.216 e. The van der Waals surface area contributed by atoms with Gasteiger partial charge in [-0.2, -0.15) is 0 Å². The van der Waals surface area contributed by atoms with Gasteiger partial charge < -0.3 is 0 Å². The molecule has 0 aliphatic heterocycles. The second kappa shape index (κ2) is 6.65. The average Bonchev–Trinajstić information content (AvgIpc) is 2.23. The van der Waals surface area contributed by atoms with Crippen molar-refractivity contribution in [2.24, 2.45) is 0 Å². The molecule has 0 atom stereocenters. The summed E-state index contributed by atoms with van der Waals surface area (Å²) >= 11 is 0. The Morgan fingerprint density at radius 2 is 0.722 bits per heavy atom. The Hall–Kier alpha value is 0.300. The van der Waals surface area contributed by atoms with Crippen molar-refractivity contribution in [3.63, 3.8) is 0 Å². The maximum absolute atomic E-state index is 12.8. The minimum absolute atomic E-state index is 0.417. The number of hydrogen-bond donors (Lipinski definition) is 0. The third-order valence-corrected chi connectivity index (χ3v) is 10.1. The second-order valence-corrected chi connectivity index (χ2v) is 11.9. The Bertz CT molecular complexity index is 298. The van der Waals surface area contributed by atoms with Crippen molar-refractivity contribution in [3.05, 3.63) is 0 Å². The normalized spacial score (nSPS) is 14.2. The Labute approximate surface area is 112 Å². The smallest absolute Gasteiger partial charge is 0.216 e. The lowest BCUT2D eigenvalue weighted by atomic mass is 11.0. The van der Waals surface area contributed by atoms with Crippen LogP contribution in [0.5, 0.6) is 0 Å².